The van der Waals surface area contributed by atoms with Gasteiger partial charge in [0.05, 0.1) is 11.5 Å². The number of aliphatic hydroxyl groups is 1. The zero-order valence-electron chi connectivity index (χ0n) is 11.1. The fourth-order valence-electron chi connectivity index (χ4n) is 1.11. The highest BCUT2D eigenvalue weighted by Gasteiger charge is 2.39. The van der Waals surface area contributed by atoms with E-state index >= 15 is 0 Å². The largest absolute Gasteiger partial charge is 0.393 e. The van der Waals surface area contributed by atoms with E-state index < -0.39 is 11.0 Å². The maximum absolute atomic E-state index is 11.9. The van der Waals surface area contributed by atoms with Gasteiger partial charge >= 0.3 is 0 Å². The van der Waals surface area contributed by atoms with Crippen molar-refractivity contribution in [3.05, 3.63) is 0 Å². The topological polar surface area (TPSA) is 75.3 Å². The van der Waals surface area contributed by atoms with Crippen molar-refractivity contribution in [3.8, 4) is 0 Å². The summed E-state index contributed by atoms with van der Waals surface area (Å²) in [4.78, 5) is 11.9. The van der Waals surface area contributed by atoms with E-state index in [2.05, 4.69) is 5.32 Å². The predicted octanol–water partition coefficient (Wildman–Crippen LogP) is 1.03. The molecule has 0 rings (SSSR count). The summed E-state index contributed by atoms with van der Waals surface area (Å²) in [7, 11) is 0. The van der Waals surface area contributed by atoms with Gasteiger partial charge in [0.1, 0.15) is 0 Å². The molecular formula is C12H26N2O2. The number of nitrogens with one attached hydrogen (secondary N) is 1. The van der Waals surface area contributed by atoms with Gasteiger partial charge < -0.3 is 16.2 Å². The minimum Gasteiger partial charge on any atom is -0.393 e. The normalized spacial score (nSPS) is 14.7. The Morgan fingerprint density at radius 1 is 1.38 bits per heavy atom. The number of hydrogen-bond donors (Lipinski definition) is 3. The van der Waals surface area contributed by atoms with Gasteiger partial charge in [-0.05, 0) is 47.5 Å². The van der Waals surface area contributed by atoms with Crippen LogP contribution in [0.1, 0.15) is 47.5 Å². The minimum atomic E-state index is -0.599. The quantitative estimate of drug-likeness (QED) is 0.596. The predicted molar refractivity (Wildman–Crippen MR) is 66.0 cm³/mol. The Labute approximate surface area is 98.6 Å². The molecule has 4 nitrogen and oxygen atoms in total. The molecule has 1 atom stereocenters. The molecule has 0 aromatic heterocycles. The third kappa shape index (κ3) is 4.49. The Hall–Kier alpha value is -0.610. The van der Waals surface area contributed by atoms with E-state index in [1.807, 2.05) is 27.7 Å². The molecule has 0 saturated carbocycles. The first-order valence-corrected chi connectivity index (χ1v) is 5.84. The summed E-state index contributed by atoms with van der Waals surface area (Å²) >= 11 is 0. The zero-order valence-corrected chi connectivity index (χ0v) is 11.1. The van der Waals surface area contributed by atoms with Crippen LogP contribution in [0.15, 0.2) is 0 Å². The molecular weight excluding hydrogens is 204 g/mol. The van der Waals surface area contributed by atoms with Crippen LogP contribution in [0.3, 0.4) is 0 Å². The third-order valence-corrected chi connectivity index (χ3v) is 3.26. The van der Waals surface area contributed by atoms with Crippen LogP contribution in [0.5, 0.6) is 0 Å². The van der Waals surface area contributed by atoms with Gasteiger partial charge in [0.15, 0.2) is 0 Å². The van der Waals surface area contributed by atoms with Crippen LogP contribution in [-0.4, -0.2) is 29.2 Å². The van der Waals surface area contributed by atoms with Crippen molar-refractivity contribution in [2.75, 3.05) is 6.54 Å². The van der Waals surface area contributed by atoms with E-state index in [4.69, 9.17) is 10.8 Å². The molecule has 0 saturated heterocycles. The van der Waals surface area contributed by atoms with Crippen molar-refractivity contribution in [1.82, 2.24) is 5.32 Å². The van der Waals surface area contributed by atoms with Crippen LogP contribution >= 0.6 is 0 Å². The van der Waals surface area contributed by atoms with Crippen molar-refractivity contribution >= 4 is 5.91 Å². The molecule has 16 heavy (non-hydrogen) atoms. The zero-order chi connectivity index (χ0) is 13.0. The molecule has 1 unspecified atom stereocenters. The van der Waals surface area contributed by atoms with E-state index in [1.165, 1.54) is 0 Å². The van der Waals surface area contributed by atoms with Gasteiger partial charge in [0.25, 0.3) is 0 Å². The van der Waals surface area contributed by atoms with E-state index in [1.54, 1.807) is 6.92 Å². The molecule has 0 heterocycles. The van der Waals surface area contributed by atoms with Gasteiger partial charge in [-0.2, -0.15) is 0 Å². The lowest BCUT2D eigenvalue weighted by molar-refractivity contribution is -0.132. The molecule has 0 fully saturated rings. The molecule has 0 aromatic carbocycles. The number of carbonyl (C=O) groups is 1. The number of carbonyl (C=O) groups excluding carboxylic acids is 1. The highest BCUT2D eigenvalue weighted by molar-refractivity contribution is 5.83. The number of amides is 1. The highest BCUT2D eigenvalue weighted by atomic mass is 16.3. The Morgan fingerprint density at radius 3 is 2.25 bits per heavy atom. The molecule has 0 bridgehead atoms. The molecule has 4 heteroatoms. The van der Waals surface area contributed by atoms with E-state index in [0.717, 1.165) is 6.42 Å². The Balaban J connectivity index is 4.07. The van der Waals surface area contributed by atoms with Crippen LogP contribution < -0.4 is 11.1 Å². The Bertz CT molecular complexity index is 230. The fourth-order valence-corrected chi connectivity index (χ4v) is 1.11. The van der Waals surface area contributed by atoms with Crippen LogP contribution in [-0.2, 0) is 4.79 Å². The molecule has 0 radical (unpaired) electrons. The molecule has 0 aliphatic carbocycles. The van der Waals surface area contributed by atoms with Crippen molar-refractivity contribution in [3.63, 3.8) is 0 Å². The van der Waals surface area contributed by atoms with Crippen molar-refractivity contribution < 1.29 is 9.90 Å². The summed E-state index contributed by atoms with van der Waals surface area (Å²) in [6.07, 6.45) is 1.17. The molecule has 4 N–H and O–H groups in total. The number of nitrogens with two attached hydrogens (primary N) is 1. The number of aliphatic hydroxyl groups excluding tert-OH is 1. The van der Waals surface area contributed by atoms with Gasteiger partial charge in [0, 0.05) is 12.1 Å². The van der Waals surface area contributed by atoms with Crippen LogP contribution in [0.25, 0.3) is 0 Å². The van der Waals surface area contributed by atoms with E-state index in [0.29, 0.717) is 13.0 Å². The summed E-state index contributed by atoms with van der Waals surface area (Å²) in [5, 5.41) is 11.9. The molecule has 1 amide bonds. The fraction of sp³-hybridized carbons (Fsp3) is 0.917. The second kappa shape index (κ2) is 5.64. The third-order valence-electron chi connectivity index (χ3n) is 3.26. The lowest BCUT2D eigenvalue weighted by Crippen LogP contribution is -2.55. The summed E-state index contributed by atoms with van der Waals surface area (Å²) < 4.78 is 0. The standard InChI is InChI=1S/C12H26N2O2/c1-9(15)7-6-8-14-10(16)11(2,3)12(4,5)13/h9,15H,6-8,13H2,1-5H3,(H,14,16). The first-order valence-electron chi connectivity index (χ1n) is 5.84. The first-order chi connectivity index (χ1) is 7.09. The number of hydrogen-bond acceptors (Lipinski definition) is 3. The summed E-state index contributed by atoms with van der Waals surface area (Å²) in [6.45, 7) is 9.72. The Kier molecular flexibility index (Phi) is 5.42. The molecule has 0 aliphatic heterocycles. The molecule has 0 spiro atoms. The van der Waals surface area contributed by atoms with Crippen molar-refractivity contribution in [2.24, 2.45) is 11.1 Å². The lowest BCUT2D eigenvalue weighted by Gasteiger charge is -2.36. The van der Waals surface area contributed by atoms with Crippen LogP contribution in [0.2, 0.25) is 0 Å². The van der Waals surface area contributed by atoms with Gasteiger partial charge in [-0.25, -0.2) is 0 Å². The van der Waals surface area contributed by atoms with Crippen LogP contribution in [0, 0.1) is 5.41 Å². The van der Waals surface area contributed by atoms with Crippen molar-refractivity contribution in [1.29, 1.82) is 0 Å². The number of rotatable bonds is 6. The maximum atomic E-state index is 11.9. The van der Waals surface area contributed by atoms with E-state index in [-0.39, 0.29) is 12.0 Å². The van der Waals surface area contributed by atoms with Gasteiger partial charge in [0.2, 0.25) is 5.91 Å². The summed E-state index contributed by atoms with van der Waals surface area (Å²) in [5.41, 5.74) is 4.81. The maximum Gasteiger partial charge on any atom is 0.227 e. The smallest absolute Gasteiger partial charge is 0.227 e. The monoisotopic (exact) mass is 230 g/mol. The lowest BCUT2D eigenvalue weighted by atomic mass is 9.74. The summed E-state index contributed by atoms with van der Waals surface area (Å²) in [5.74, 6) is -0.0365. The van der Waals surface area contributed by atoms with Gasteiger partial charge in [-0.3, -0.25) is 4.79 Å². The summed E-state index contributed by atoms with van der Waals surface area (Å²) in [6, 6.07) is 0. The molecule has 0 aromatic rings. The van der Waals surface area contributed by atoms with Crippen LogP contribution in [0.4, 0.5) is 0 Å². The van der Waals surface area contributed by atoms with E-state index in [9.17, 15) is 4.79 Å². The first kappa shape index (κ1) is 15.4. The second-order valence-corrected chi connectivity index (χ2v) is 5.59. The molecule has 96 valence electrons. The second-order valence-electron chi connectivity index (χ2n) is 5.59. The minimum absolute atomic E-state index is 0.0365. The average molecular weight is 230 g/mol. The van der Waals surface area contributed by atoms with Crippen molar-refractivity contribution in [2.45, 2.75) is 59.1 Å². The van der Waals surface area contributed by atoms with Gasteiger partial charge in [-0.15, -0.1) is 0 Å². The average Bonchev–Trinajstić information content (AvgIpc) is 2.09. The molecule has 0 aliphatic rings. The Morgan fingerprint density at radius 2 is 1.88 bits per heavy atom. The SMILES string of the molecule is CC(O)CCCNC(=O)C(C)(C)C(C)(C)N. The van der Waals surface area contributed by atoms with Gasteiger partial charge in [-0.1, -0.05) is 0 Å². The highest BCUT2D eigenvalue weighted by Crippen LogP contribution is 2.28.